The lowest BCUT2D eigenvalue weighted by molar-refractivity contribution is 0.157. The molecule has 0 aliphatic carbocycles. The third-order valence-corrected chi connectivity index (χ3v) is 3.35. The minimum absolute atomic E-state index is 0. The van der Waals surface area contributed by atoms with Crippen molar-refractivity contribution in [2.75, 3.05) is 60.5 Å². The van der Waals surface area contributed by atoms with Crippen LogP contribution in [0.5, 0.6) is 0 Å². The van der Waals surface area contributed by atoms with E-state index in [-0.39, 0.29) is 24.0 Å². The largest absolute Gasteiger partial charge is 0.384 e. The fourth-order valence-corrected chi connectivity index (χ4v) is 2.39. The zero-order chi connectivity index (χ0) is 14.1. The number of nitrogens with one attached hydrogen (secondary N) is 1. The molecule has 1 aliphatic heterocycles. The summed E-state index contributed by atoms with van der Waals surface area (Å²) in [5.41, 5.74) is 0. The molecule has 0 aromatic rings. The fourth-order valence-electron chi connectivity index (χ4n) is 2.39. The van der Waals surface area contributed by atoms with Crippen LogP contribution in [0, 0.1) is 5.92 Å². The molecule has 0 amide bonds. The number of methoxy groups -OCH3 is 1. The molecule has 6 heteroatoms. The summed E-state index contributed by atoms with van der Waals surface area (Å²) in [5.74, 6) is 1.72. The van der Waals surface area contributed by atoms with Crippen molar-refractivity contribution in [2.24, 2.45) is 10.9 Å². The molecule has 0 spiro atoms. The Morgan fingerprint density at radius 2 is 2.20 bits per heavy atom. The summed E-state index contributed by atoms with van der Waals surface area (Å²) in [6.45, 7) is 8.05. The summed E-state index contributed by atoms with van der Waals surface area (Å²) >= 11 is 0. The van der Waals surface area contributed by atoms with E-state index in [0.29, 0.717) is 5.92 Å². The van der Waals surface area contributed by atoms with Crippen LogP contribution in [-0.4, -0.2) is 76.3 Å². The minimum Gasteiger partial charge on any atom is -0.384 e. The smallest absolute Gasteiger partial charge is 0.193 e. The van der Waals surface area contributed by atoms with Crippen LogP contribution >= 0.6 is 24.0 Å². The van der Waals surface area contributed by atoms with E-state index in [0.717, 1.165) is 51.7 Å². The monoisotopic (exact) mass is 398 g/mol. The molecule has 1 saturated heterocycles. The Bertz CT molecular complexity index is 274. The first kappa shape index (κ1) is 19.9. The molecule has 1 N–H and O–H groups in total. The van der Waals surface area contributed by atoms with E-state index in [1.54, 1.807) is 7.11 Å². The Kier molecular flexibility index (Phi) is 11.5. The topological polar surface area (TPSA) is 40.1 Å². The fraction of sp³-hybridized carbons (Fsp3) is 0.929. The highest BCUT2D eigenvalue weighted by atomic mass is 127. The number of halogens is 1. The highest BCUT2D eigenvalue weighted by molar-refractivity contribution is 14.0. The van der Waals surface area contributed by atoms with Gasteiger partial charge in [0, 0.05) is 39.2 Å². The average Bonchev–Trinajstić information content (AvgIpc) is 2.82. The van der Waals surface area contributed by atoms with Crippen molar-refractivity contribution < 1.29 is 4.74 Å². The van der Waals surface area contributed by atoms with E-state index >= 15 is 0 Å². The van der Waals surface area contributed by atoms with Crippen molar-refractivity contribution in [1.29, 1.82) is 0 Å². The third-order valence-electron chi connectivity index (χ3n) is 3.35. The second-order valence-corrected chi connectivity index (χ2v) is 5.45. The number of hydrogen-bond donors (Lipinski definition) is 1. The van der Waals surface area contributed by atoms with Gasteiger partial charge in [-0.15, -0.1) is 24.0 Å². The Balaban J connectivity index is 0.00000361. The third kappa shape index (κ3) is 7.64. The van der Waals surface area contributed by atoms with Gasteiger partial charge in [-0.05, 0) is 40.4 Å². The molecule has 1 fully saturated rings. The van der Waals surface area contributed by atoms with E-state index in [1.807, 2.05) is 0 Å². The van der Waals surface area contributed by atoms with Crippen LogP contribution in [0.4, 0.5) is 0 Å². The standard InChI is InChI=1S/C14H30N4O.HI/c1-5-15-14(16-8-6-9-17(2)3)18-10-7-13(11-18)12-19-4;/h13H,5-12H2,1-4H3,(H,15,16);1H. The summed E-state index contributed by atoms with van der Waals surface area (Å²) in [7, 11) is 5.98. The Hall–Kier alpha value is -0.0800. The Morgan fingerprint density at radius 1 is 1.45 bits per heavy atom. The van der Waals surface area contributed by atoms with Crippen LogP contribution in [0.15, 0.2) is 4.99 Å². The molecule has 1 unspecified atom stereocenters. The maximum atomic E-state index is 5.25. The van der Waals surface area contributed by atoms with Gasteiger partial charge in [-0.25, -0.2) is 0 Å². The summed E-state index contributed by atoms with van der Waals surface area (Å²) < 4.78 is 5.25. The molecule has 120 valence electrons. The Labute approximate surface area is 141 Å². The second kappa shape index (κ2) is 11.6. The van der Waals surface area contributed by atoms with Crippen LogP contribution < -0.4 is 5.32 Å². The van der Waals surface area contributed by atoms with Gasteiger partial charge in [-0.1, -0.05) is 0 Å². The van der Waals surface area contributed by atoms with Crippen molar-refractivity contribution in [3.05, 3.63) is 0 Å². The van der Waals surface area contributed by atoms with Crippen LogP contribution in [0.2, 0.25) is 0 Å². The molecule has 1 atom stereocenters. The number of nitrogens with zero attached hydrogens (tertiary/aromatic N) is 3. The van der Waals surface area contributed by atoms with Crippen molar-refractivity contribution in [3.63, 3.8) is 0 Å². The number of ether oxygens (including phenoxy) is 1. The molecule has 5 nitrogen and oxygen atoms in total. The quantitative estimate of drug-likeness (QED) is 0.305. The number of rotatable bonds is 7. The van der Waals surface area contributed by atoms with Gasteiger partial charge in [0.2, 0.25) is 0 Å². The summed E-state index contributed by atoms with van der Waals surface area (Å²) in [5, 5.41) is 3.40. The van der Waals surface area contributed by atoms with Crippen LogP contribution in [0.25, 0.3) is 0 Å². The van der Waals surface area contributed by atoms with Gasteiger partial charge in [0.25, 0.3) is 0 Å². The van der Waals surface area contributed by atoms with Crippen LogP contribution in [0.1, 0.15) is 19.8 Å². The summed E-state index contributed by atoms with van der Waals surface area (Å²) in [6.07, 6.45) is 2.31. The molecular formula is C14H31IN4O. The van der Waals surface area contributed by atoms with Crippen molar-refractivity contribution in [3.8, 4) is 0 Å². The van der Waals surface area contributed by atoms with Gasteiger partial charge in [0.15, 0.2) is 5.96 Å². The van der Waals surface area contributed by atoms with Gasteiger partial charge in [0.1, 0.15) is 0 Å². The molecule has 0 bridgehead atoms. The lowest BCUT2D eigenvalue weighted by atomic mass is 10.1. The first-order valence-corrected chi connectivity index (χ1v) is 7.34. The highest BCUT2D eigenvalue weighted by Gasteiger charge is 2.24. The molecule has 0 aromatic heterocycles. The maximum absolute atomic E-state index is 5.25. The lowest BCUT2D eigenvalue weighted by Gasteiger charge is -2.21. The van der Waals surface area contributed by atoms with E-state index in [2.05, 4.69) is 36.1 Å². The molecule has 0 saturated carbocycles. The number of hydrogen-bond acceptors (Lipinski definition) is 3. The predicted molar refractivity (Wildman–Crippen MR) is 96.1 cm³/mol. The molecule has 1 aliphatic rings. The predicted octanol–water partition coefficient (Wildman–Crippen LogP) is 1.49. The Morgan fingerprint density at radius 3 is 2.80 bits per heavy atom. The molecule has 0 aromatic carbocycles. The number of aliphatic imine (C=N–C) groups is 1. The van der Waals surface area contributed by atoms with Crippen molar-refractivity contribution >= 4 is 29.9 Å². The van der Waals surface area contributed by atoms with Crippen LogP contribution in [-0.2, 0) is 4.74 Å². The number of likely N-dealkylation sites (tertiary alicyclic amines) is 1. The van der Waals surface area contributed by atoms with E-state index < -0.39 is 0 Å². The first-order chi connectivity index (χ1) is 9.17. The highest BCUT2D eigenvalue weighted by Crippen LogP contribution is 2.16. The van der Waals surface area contributed by atoms with Gasteiger partial charge >= 0.3 is 0 Å². The zero-order valence-electron chi connectivity index (χ0n) is 13.4. The van der Waals surface area contributed by atoms with Crippen LogP contribution in [0.3, 0.4) is 0 Å². The van der Waals surface area contributed by atoms with Gasteiger partial charge in [-0.3, -0.25) is 4.99 Å². The average molecular weight is 398 g/mol. The zero-order valence-corrected chi connectivity index (χ0v) is 15.7. The van der Waals surface area contributed by atoms with Gasteiger partial charge < -0.3 is 19.9 Å². The molecular weight excluding hydrogens is 367 g/mol. The maximum Gasteiger partial charge on any atom is 0.193 e. The molecule has 1 heterocycles. The van der Waals surface area contributed by atoms with Gasteiger partial charge in [-0.2, -0.15) is 0 Å². The lowest BCUT2D eigenvalue weighted by Crippen LogP contribution is -2.40. The minimum atomic E-state index is 0. The SMILES string of the molecule is CCNC(=NCCCN(C)C)N1CCC(COC)C1.I. The van der Waals surface area contributed by atoms with E-state index in [9.17, 15) is 0 Å². The van der Waals surface area contributed by atoms with Crippen molar-refractivity contribution in [2.45, 2.75) is 19.8 Å². The number of guanidine groups is 1. The van der Waals surface area contributed by atoms with Crippen molar-refractivity contribution in [1.82, 2.24) is 15.1 Å². The first-order valence-electron chi connectivity index (χ1n) is 7.34. The van der Waals surface area contributed by atoms with Gasteiger partial charge in [0.05, 0.1) is 6.61 Å². The van der Waals surface area contributed by atoms with E-state index in [4.69, 9.17) is 9.73 Å². The molecule has 1 rings (SSSR count). The second-order valence-electron chi connectivity index (χ2n) is 5.45. The summed E-state index contributed by atoms with van der Waals surface area (Å²) in [4.78, 5) is 9.29. The van der Waals surface area contributed by atoms with E-state index in [1.165, 1.54) is 6.42 Å². The summed E-state index contributed by atoms with van der Waals surface area (Å²) in [6, 6.07) is 0. The normalized spacial score (nSPS) is 19.4. The molecule has 0 radical (unpaired) electrons. The molecule has 20 heavy (non-hydrogen) atoms.